The Morgan fingerprint density at radius 3 is 2.67 bits per heavy atom. The van der Waals surface area contributed by atoms with Crippen LogP contribution in [0.4, 0.5) is 0 Å². The summed E-state index contributed by atoms with van der Waals surface area (Å²) >= 11 is 0. The number of rotatable bonds is 2. The van der Waals surface area contributed by atoms with Crippen LogP contribution in [0.1, 0.15) is 52.9 Å². The van der Waals surface area contributed by atoms with E-state index in [9.17, 15) is 5.11 Å². The smallest absolute Gasteiger partial charge is 0.0698 e. The van der Waals surface area contributed by atoms with Crippen LogP contribution in [-0.4, -0.2) is 10.7 Å². The van der Waals surface area contributed by atoms with Crippen LogP contribution >= 0.6 is 0 Å². The lowest BCUT2D eigenvalue weighted by molar-refractivity contribution is -0.0844. The molecule has 3 atom stereocenters. The van der Waals surface area contributed by atoms with Gasteiger partial charge in [-0.25, -0.2) is 0 Å². The van der Waals surface area contributed by atoms with E-state index in [1.165, 1.54) is 19.3 Å². The summed E-state index contributed by atoms with van der Waals surface area (Å²) in [7, 11) is 0. The lowest BCUT2D eigenvalue weighted by Crippen LogP contribution is -2.44. The fourth-order valence-corrected chi connectivity index (χ4v) is 2.44. The standard InChI is InChI=1S/C11H22O/c1-4-9(2)11(12)8-6-5-7-10(11)3/h9-10,12H,4-8H2,1-3H3. The van der Waals surface area contributed by atoms with E-state index in [1.54, 1.807) is 0 Å². The van der Waals surface area contributed by atoms with E-state index in [-0.39, 0.29) is 5.60 Å². The maximum absolute atomic E-state index is 10.4. The normalized spacial score (nSPS) is 39.5. The summed E-state index contributed by atoms with van der Waals surface area (Å²) in [6, 6.07) is 0. The van der Waals surface area contributed by atoms with Crippen molar-refractivity contribution in [2.45, 2.75) is 58.5 Å². The molecule has 12 heavy (non-hydrogen) atoms. The molecule has 1 N–H and O–H groups in total. The van der Waals surface area contributed by atoms with Crippen LogP contribution in [0.15, 0.2) is 0 Å². The molecule has 0 aromatic carbocycles. The van der Waals surface area contributed by atoms with Crippen LogP contribution in [0.5, 0.6) is 0 Å². The van der Waals surface area contributed by atoms with Crippen LogP contribution in [-0.2, 0) is 0 Å². The summed E-state index contributed by atoms with van der Waals surface area (Å²) in [6.45, 7) is 6.55. The zero-order chi connectivity index (χ0) is 9.19. The van der Waals surface area contributed by atoms with Crippen molar-refractivity contribution >= 4 is 0 Å². The van der Waals surface area contributed by atoms with Gasteiger partial charge in [-0.15, -0.1) is 0 Å². The van der Waals surface area contributed by atoms with E-state index < -0.39 is 0 Å². The minimum Gasteiger partial charge on any atom is -0.389 e. The van der Waals surface area contributed by atoms with E-state index >= 15 is 0 Å². The van der Waals surface area contributed by atoms with Gasteiger partial charge in [-0.05, 0) is 24.7 Å². The molecule has 0 saturated heterocycles. The Balaban J connectivity index is 2.65. The van der Waals surface area contributed by atoms with Crippen LogP contribution in [0, 0.1) is 11.8 Å². The molecule has 1 aliphatic rings. The topological polar surface area (TPSA) is 20.2 Å². The van der Waals surface area contributed by atoms with Crippen molar-refractivity contribution in [2.75, 3.05) is 0 Å². The van der Waals surface area contributed by atoms with Crippen LogP contribution in [0.3, 0.4) is 0 Å². The van der Waals surface area contributed by atoms with E-state index in [2.05, 4.69) is 20.8 Å². The summed E-state index contributed by atoms with van der Waals surface area (Å²) < 4.78 is 0. The van der Waals surface area contributed by atoms with Gasteiger partial charge in [0.2, 0.25) is 0 Å². The average Bonchev–Trinajstić information content (AvgIpc) is 2.09. The second kappa shape index (κ2) is 3.78. The minimum absolute atomic E-state index is 0.354. The second-order valence-electron chi connectivity index (χ2n) is 4.45. The average molecular weight is 170 g/mol. The molecule has 0 aromatic rings. The summed E-state index contributed by atoms with van der Waals surface area (Å²) in [5.74, 6) is 0.967. The molecule has 0 heterocycles. The first-order valence-electron chi connectivity index (χ1n) is 5.33. The maximum atomic E-state index is 10.4. The maximum Gasteiger partial charge on any atom is 0.0698 e. The van der Waals surface area contributed by atoms with E-state index in [0.29, 0.717) is 11.8 Å². The van der Waals surface area contributed by atoms with Gasteiger partial charge in [-0.1, -0.05) is 40.0 Å². The van der Waals surface area contributed by atoms with Gasteiger partial charge >= 0.3 is 0 Å². The van der Waals surface area contributed by atoms with Gasteiger partial charge in [0, 0.05) is 0 Å². The quantitative estimate of drug-likeness (QED) is 0.675. The highest BCUT2D eigenvalue weighted by Crippen LogP contribution is 2.39. The Bertz CT molecular complexity index is 138. The van der Waals surface area contributed by atoms with Gasteiger partial charge in [0.15, 0.2) is 0 Å². The monoisotopic (exact) mass is 170 g/mol. The number of hydrogen-bond donors (Lipinski definition) is 1. The molecule has 0 radical (unpaired) electrons. The minimum atomic E-state index is -0.354. The van der Waals surface area contributed by atoms with Crippen LogP contribution < -0.4 is 0 Å². The van der Waals surface area contributed by atoms with Crippen LogP contribution in [0.2, 0.25) is 0 Å². The third kappa shape index (κ3) is 1.66. The predicted octanol–water partition coefficient (Wildman–Crippen LogP) is 2.97. The summed E-state index contributed by atoms with van der Waals surface area (Å²) in [6.07, 6.45) is 5.84. The first kappa shape index (κ1) is 10.0. The van der Waals surface area contributed by atoms with Crippen molar-refractivity contribution in [2.24, 2.45) is 11.8 Å². The molecule has 0 aromatic heterocycles. The highest BCUT2D eigenvalue weighted by Gasteiger charge is 2.39. The highest BCUT2D eigenvalue weighted by molar-refractivity contribution is 4.91. The number of hydrogen-bond acceptors (Lipinski definition) is 1. The van der Waals surface area contributed by atoms with Gasteiger partial charge in [0.05, 0.1) is 5.60 Å². The van der Waals surface area contributed by atoms with E-state index in [1.807, 2.05) is 0 Å². The van der Waals surface area contributed by atoms with Crippen molar-refractivity contribution in [3.8, 4) is 0 Å². The predicted molar refractivity (Wildman–Crippen MR) is 52.0 cm³/mol. The first-order chi connectivity index (χ1) is 5.61. The highest BCUT2D eigenvalue weighted by atomic mass is 16.3. The van der Waals surface area contributed by atoms with Gasteiger partial charge in [-0.2, -0.15) is 0 Å². The second-order valence-corrected chi connectivity index (χ2v) is 4.45. The summed E-state index contributed by atoms with van der Waals surface area (Å²) in [5, 5.41) is 10.4. The number of aliphatic hydroxyl groups is 1. The lowest BCUT2D eigenvalue weighted by atomic mass is 9.69. The SMILES string of the molecule is CCC(C)C1(O)CCCCC1C. The van der Waals surface area contributed by atoms with Crippen LogP contribution in [0.25, 0.3) is 0 Å². The third-order valence-corrected chi connectivity index (χ3v) is 3.78. The molecule has 1 fully saturated rings. The third-order valence-electron chi connectivity index (χ3n) is 3.78. The fourth-order valence-electron chi connectivity index (χ4n) is 2.44. The van der Waals surface area contributed by atoms with Gasteiger partial charge in [-0.3, -0.25) is 0 Å². The largest absolute Gasteiger partial charge is 0.389 e. The molecule has 1 aliphatic carbocycles. The zero-order valence-corrected chi connectivity index (χ0v) is 8.64. The van der Waals surface area contributed by atoms with Crippen molar-refractivity contribution in [3.63, 3.8) is 0 Å². The molecule has 1 saturated carbocycles. The lowest BCUT2D eigenvalue weighted by Gasteiger charge is -2.42. The summed E-state index contributed by atoms with van der Waals surface area (Å²) in [4.78, 5) is 0. The molecule has 3 unspecified atom stereocenters. The molecule has 1 rings (SSSR count). The first-order valence-corrected chi connectivity index (χ1v) is 5.33. The summed E-state index contributed by atoms with van der Waals surface area (Å²) in [5.41, 5.74) is -0.354. The Morgan fingerprint density at radius 1 is 1.50 bits per heavy atom. The van der Waals surface area contributed by atoms with E-state index in [0.717, 1.165) is 12.8 Å². The molecule has 0 amide bonds. The Labute approximate surface area is 76.2 Å². The molecular formula is C11H22O. The molecule has 1 heteroatoms. The molecule has 72 valence electrons. The molecule has 1 nitrogen and oxygen atoms in total. The van der Waals surface area contributed by atoms with E-state index in [4.69, 9.17) is 0 Å². The Hall–Kier alpha value is -0.0400. The van der Waals surface area contributed by atoms with Crippen molar-refractivity contribution in [3.05, 3.63) is 0 Å². The van der Waals surface area contributed by atoms with Crippen molar-refractivity contribution in [1.82, 2.24) is 0 Å². The fraction of sp³-hybridized carbons (Fsp3) is 1.00. The van der Waals surface area contributed by atoms with Crippen molar-refractivity contribution in [1.29, 1.82) is 0 Å². The van der Waals surface area contributed by atoms with Gasteiger partial charge < -0.3 is 5.11 Å². The Morgan fingerprint density at radius 2 is 2.17 bits per heavy atom. The Kier molecular flexibility index (Phi) is 3.16. The zero-order valence-electron chi connectivity index (χ0n) is 8.64. The van der Waals surface area contributed by atoms with Gasteiger partial charge in [0.1, 0.15) is 0 Å². The van der Waals surface area contributed by atoms with Crippen molar-refractivity contribution < 1.29 is 5.11 Å². The molecular weight excluding hydrogens is 148 g/mol. The molecule has 0 aliphatic heterocycles. The van der Waals surface area contributed by atoms with Gasteiger partial charge in [0.25, 0.3) is 0 Å². The molecule has 0 bridgehead atoms. The molecule has 0 spiro atoms.